The van der Waals surface area contributed by atoms with E-state index in [1.807, 2.05) is 31.9 Å². The lowest BCUT2D eigenvalue weighted by atomic mass is 9.81. The Morgan fingerprint density at radius 3 is 2.54 bits per heavy atom. The first-order valence-corrected chi connectivity index (χ1v) is 9.32. The van der Waals surface area contributed by atoms with E-state index in [-0.39, 0.29) is 17.2 Å². The topological polar surface area (TPSA) is 59.2 Å². The highest BCUT2D eigenvalue weighted by Crippen LogP contribution is 2.37. The molecule has 0 atom stereocenters. The van der Waals surface area contributed by atoms with Gasteiger partial charge in [-0.3, -0.25) is 4.79 Å². The SMILES string of the molecule is Cc1cnc(C2(C)CCN(C(=O)c3c(C(C)C)noc3C)CC2)s1. The van der Waals surface area contributed by atoms with Crippen LogP contribution in [0.5, 0.6) is 0 Å². The Morgan fingerprint density at radius 2 is 2.00 bits per heavy atom. The van der Waals surface area contributed by atoms with Gasteiger partial charge in [0, 0.05) is 29.6 Å². The molecule has 0 N–H and O–H groups in total. The third-order valence-electron chi connectivity index (χ3n) is 4.94. The van der Waals surface area contributed by atoms with Gasteiger partial charge in [-0.05, 0) is 32.6 Å². The summed E-state index contributed by atoms with van der Waals surface area (Å²) < 4.78 is 5.28. The monoisotopic (exact) mass is 347 g/mol. The van der Waals surface area contributed by atoms with Crippen molar-refractivity contribution in [2.75, 3.05) is 13.1 Å². The molecule has 0 radical (unpaired) electrons. The highest BCUT2D eigenvalue weighted by molar-refractivity contribution is 7.11. The molecule has 0 saturated carbocycles. The Kier molecular flexibility index (Phi) is 4.51. The van der Waals surface area contributed by atoms with Gasteiger partial charge in [-0.2, -0.15) is 0 Å². The Balaban J connectivity index is 1.75. The van der Waals surface area contributed by atoms with Crippen LogP contribution in [0, 0.1) is 13.8 Å². The van der Waals surface area contributed by atoms with Crippen molar-refractivity contribution >= 4 is 17.2 Å². The highest BCUT2D eigenvalue weighted by Gasteiger charge is 2.37. The molecule has 1 aliphatic heterocycles. The summed E-state index contributed by atoms with van der Waals surface area (Å²) in [5.74, 6) is 0.845. The molecular weight excluding hydrogens is 322 g/mol. The first-order chi connectivity index (χ1) is 11.3. The van der Waals surface area contributed by atoms with Crippen LogP contribution in [-0.2, 0) is 5.41 Å². The van der Waals surface area contributed by atoms with Crippen molar-refractivity contribution in [1.29, 1.82) is 0 Å². The average molecular weight is 347 g/mol. The van der Waals surface area contributed by atoms with Crippen molar-refractivity contribution in [3.8, 4) is 0 Å². The smallest absolute Gasteiger partial charge is 0.259 e. The number of hydrogen-bond acceptors (Lipinski definition) is 5. The number of nitrogens with zero attached hydrogens (tertiary/aromatic N) is 3. The van der Waals surface area contributed by atoms with Crippen molar-refractivity contribution in [2.45, 2.75) is 58.8 Å². The van der Waals surface area contributed by atoms with E-state index in [1.165, 1.54) is 9.88 Å². The minimum absolute atomic E-state index is 0.0508. The van der Waals surface area contributed by atoms with E-state index in [4.69, 9.17) is 4.52 Å². The summed E-state index contributed by atoms with van der Waals surface area (Å²) in [4.78, 5) is 20.7. The molecule has 0 aliphatic carbocycles. The summed E-state index contributed by atoms with van der Waals surface area (Å²) in [5.41, 5.74) is 1.49. The normalized spacial score (nSPS) is 17.5. The molecule has 130 valence electrons. The van der Waals surface area contributed by atoms with Crippen molar-refractivity contribution < 1.29 is 9.32 Å². The van der Waals surface area contributed by atoms with Gasteiger partial charge in [0.05, 0.1) is 10.7 Å². The second-order valence-electron chi connectivity index (χ2n) is 7.28. The fourth-order valence-corrected chi connectivity index (χ4v) is 4.22. The molecule has 3 heterocycles. The van der Waals surface area contributed by atoms with E-state index in [9.17, 15) is 4.79 Å². The molecular formula is C18H25N3O2S. The lowest BCUT2D eigenvalue weighted by Gasteiger charge is -2.38. The molecule has 1 fully saturated rings. The number of thiazole rings is 1. The van der Waals surface area contributed by atoms with Gasteiger partial charge in [-0.25, -0.2) is 4.98 Å². The van der Waals surface area contributed by atoms with Crippen LogP contribution in [0.2, 0.25) is 0 Å². The largest absolute Gasteiger partial charge is 0.361 e. The van der Waals surface area contributed by atoms with E-state index in [0.717, 1.165) is 31.6 Å². The number of rotatable bonds is 3. The molecule has 1 amide bonds. The number of hydrogen-bond donors (Lipinski definition) is 0. The number of likely N-dealkylation sites (tertiary alicyclic amines) is 1. The van der Waals surface area contributed by atoms with Crippen LogP contribution in [0.3, 0.4) is 0 Å². The zero-order valence-electron chi connectivity index (χ0n) is 15.0. The number of carbonyl (C=O) groups is 1. The van der Waals surface area contributed by atoms with E-state index in [2.05, 4.69) is 24.0 Å². The second-order valence-corrected chi connectivity index (χ2v) is 8.52. The molecule has 1 aliphatic rings. The van der Waals surface area contributed by atoms with Crippen LogP contribution in [0.15, 0.2) is 10.7 Å². The predicted molar refractivity (Wildman–Crippen MR) is 94.7 cm³/mol. The highest BCUT2D eigenvalue weighted by atomic mass is 32.1. The van der Waals surface area contributed by atoms with Gasteiger partial charge >= 0.3 is 0 Å². The zero-order valence-corrected chi connectivity index (χ0v) is 15.9. The number of amides is 1. The van der Waals surface area contributed by atoms with Crippen LogP contribution in [0.1, 0.15) is 71.2 Å². The lowest BCUT2D eigenvalue weighted by molar-refractivity contribution is 0.0673. The Bertz CT molecular complexity index is 739. The minimum Gasteiger partial charge on any atom is -0.361 e. The van der Waals surface area contributed by atoms with E-state index in [1.54, 1.807) is 11.3 Å². The number of aryl methyl sites for hydroxylation is 2. The van der Waals surface area contributed by atoms with Gasteiger partial charge in [0.1, 0.15) is 11.3 Å². The third kappa shape index (κ3) is 2.99. The Morgan fingerprint density at radius 1 is 1.33 bits per heavy atom. The maximum atomic E-state index is 13.0. The van der Waals surface area contributed by atoms with E-state index >= 15 is 0 Å². The molecule has 1 saturated heterocycles. The van der Waals surface area contributed by atoms with Gasteiger partial charge in [-0.1, -0.05) is 25.9 Å². The van der Waals surface area contributed by atoms with Gasteiger partial charge in [0.15, 0.2) is 0 Å². The molecule has 2 aromatic rings. The molecule has 24 heavy (non-hydrogen) atoms. The summed E-state index contributed by atoms with van der Waals surface area (Å²) in [5, 5.41) is 5.27. The van der Waals surface area contributed by atoms with Gasteiger partial charge in [0.2, 0.25) is 0 Å². The molecule has 3 rings (SSSR count). The van der Waals surface area contributed by atoms with Crippen LogP contribution >= 0.6 is 11.3 Å². The third-order valence-corrected chi connectivity index (χ3v) is 6.16. The fourth-order valence-electron chi connectivity index (χ4n) is 3.25. The quantitative estimate of drug-likeness (QED) is 0.840. The summed E-state index contributed by atoms with van der Waals surface area (Å²) in [6.45, 7) is 11.7. The number of aromatic nitrogens is 2. The Hall–Kier alpha value is -1.69. The Labute approximate surface area is 147 Å². The number of carbonyl (C=O) groups excluding carboxylic acids is 1. The van der Waals surface area contributed by atoms with Crippen molar-refractivity contribution in [3.63, 3.8) is 0 Å². The molecule has 5 nitrogen and oxygen atoms in total. The summed E-state index contributed by atoms with van der Waals surface area (Å²) >= 11 is 1.77. The van der Waals surface area contributed by atoms with Gasteiger partial charge < -0.3 is 9.42 Å². The van der Waals surface area contributed by atoms with Gasteiger partial charge in [-0.15, -0.1) is 11.3 Å². The summed E-state index contributed by atoms with van der Waals surface area (Å²) in [6, 6.07) is 0. The van der Waals surface area contributed by atoms with Crippen molar-refractivity contribution in [2.24, 2.45) is 0 Å². The summed E-state index contributed by atoms with van der Waals surface area (Å²) in [7, 11) is 0. The van der Waals surface area contributed by atoms with Crippen LogP contribution in [-0.4, -0.2) is 34.0 Å². The average Bonchev–Trinajstić information content (AvgIpc) is 3.14. The van der Waals surface area contributed by atoms with Crippen molar-refractivity contribution in [3.05, 3.63) is 33.1 Å². The van der Waals surface area contributed by atoms with Crippen LogP contribution < -0.4 is 0 Å². The van der Waals surface area contributed by atoms with Crippen LogP contribution in [0.25, 0.3) is 0 Å². The maximum absolute atomic E-state index is 13.0. The second kappa shape index (κ2) is 6.31. The standard InChI is InChI=1S/C18H25N3O2S/c1-11(2)15-14(13(4)23-20-15)16(22)21-8-6-18(5,7-9-21)17-19-10-12(3)24-17/h10-11H,6-9H2,1-5H3. The molecule has 0 bridgehead atoms. The predicted octanol–water partition coefficient (Wildman–Crippen LogP) is 4.07. The zero-order chi connectivity index (χ0) is 17.5. The molecule has 0 unspecified atom stereocenters. The first kappa shape index (κ1) is 17.1. The van der Waals surface area contributed by atoms with E-state index < -0.39 is 0 Å². The fraction of sp³-hybridized carbons (Fsp3) is 0.611. The minimum atomic E-state index is 0.0508. The molecule has 6 heteroatoms. The molecule has 0 spiro atoms. The van der Waals surface area contributed by atoms with E-state index in [0.29, 0.717) is 11.3 Å². The lowest BCUT2D eigenvalue weighted by Crippen LogP contribution is -2.44. The first-order valence-electron chi connectivity index (χ1n) is 8.50. The van der Waals surface area contributed by atoms with Crippen molar-refractivity contribution in [1.82, 2.24) is 15.0 Å². The maximum Gasteiger partial charge on any atom is 0.259 e. The van der Waals surface area contributed by atoms with Gasteiger partial charge in [0.25, 0.3) is 5.91 Å². The van der Waals surface area contributed by atoms with Crippen LogP contribution in [0.4, 0.5) is 0 Å². The summed E-state index contributed by atoms with van der Waals surface area (Å²) in [6.07, 6.45) is 3.82. The molecule has 2 aromatic heterocycles. The number of piperidine rings is 1. The molecule has 0 aromatic carbocycles.